The molecular weight excluding hydrogens is 286 g/mol. The zero-order chi connectivity index (χ0) is 15.6. The zero-order valence-electron chi connectivity index (χ0n) is 12.3. The van der Waals surface area contributed by atoms with Crippen LogP contribution in [0.15, 0.2) is 72.8 Å². The first-order chi connectivity index (χ1) is 11.3. The lowest BCUT2D eigenvalue weighted by atomic mass is 10.1. The largest absolute Gasteiger partial charge is 0.355 e. The predicted octanol–water partition coefficient (Wildman–Crippen LogP) is 4.97. The number of carbonyl (C=O) groups is 1. The molecule has 0 spiro atoms. The lowest BCUT2D eigenvalue weighted by Crippen LogP contribution is -2.19. The molecule has 4 aromatic rings. The van der Waals surface area contributed by atoms with Crippen molar-refractivity contribution < 1.29 is 4.79 Å². The van der Waals surface area contributed by atoms with E-state index < -0.39 is 0 Å². The van der Waals surface area contributed by atoms with Crippen molar-refractivity contribution >= 4 is 39.2 Å². The number of hydrogen-bond acceptors (Lipinski definition) is 1. The van der Waals surface area contributed by atoms with Crippen molar-refractivity contribution in [3.8, 4) is 0 Å². The molecular formula is C19H15N3O. The fourth-order valence-corrected chi connectivity index (χ4v) is 2.74. The van der Waals surface area contributed by atoms with E-state index in [0.29, 0.717) is 0 Å². The van der Waals surface area contributed by atoms with Gasteiger partial charge in [-0.25, -0.2) is 4.79 Å². The Labute approximate surface area is 133 Å². The molecule has 1 heterocycles. The minimum absolute atomic E-state index is 0.254. The number of carbonyl (C=O) groups excluding carboxylic acids is 1. The van der Waals surface area contributed by atoms with E-state index in [1.807, 2.05) is 66.7 Å². The highest BCUT2D eigenvalue weighted by Gasteiger charge is 2.07. The van der Waals surface area contributed by atoms with E-state index in [1.54, 1.807) is 0 Å². The van der Waals surface area contributed by atoms with E-state index in [9.17, 15) is 4.79 Å². The van der Waals surface area contributed by atoms with Gasteiger partial charge in [0, 0.05) is 33.2 Å². The van der Waals surface area contributed by atoms with Gasteiger partial charge >= 0.3 is 6.03 Å². The van der Waals surface area contributed by atoms with Gasteiger partial charge in [0.05, 0.1) is 0 Å². The maximum absolute atomic E-state index is 12.1. The number of benzene rings is 3. The molecule has 3 N–H and O–H groups in total. The van der Waals surface area contributed by atoms with Crippen molar-refractivity contribution in [2.45, 2.75) is 0 Å². The predicted molar refractivity (Wildman–Crippen MR) is 94.9 cm³/mol. The van der Waals surface area contributed by atoms with Crippen LogP contribution in [0.4, 0.5) is 16.2 Å². The van der Waals surface area contributed by atoms with Crippen LogP contribution >= 0.6 is 0 Å². The third kappa shape index (κ3) is 2.62. The van der Waals surface area contributed by atoms with Crippen LogP contribution < -0.4 is 10.6 Å². The topological polar surface area (TPSA) is 56.9 Å². The maximum atomic E-state index is 12.1. The number of rotatable bonds is 2. The lowest BCUT2D eigenvalue weighted by molar-refractivity contribution is 0.262. The number of aromatic nitrogens is 1. The molecule has 0 saturated carbocycles. The minimum Gasteiger partial charge on any atom is -0.355 e. The van der Waals surface area contributed by atoms with Gasteiger partial charge in [-0.3, -0.25) is 0 Å². The Morgan fingerprint density at radius 3 is 2.26 bits per heavy atom. The summed E-state index contributed by atoms with van der Waals surface area (Å²) >= 11 is 0. The minimum atomic E-state index is -0.254. The molecule has 0 atom stereocenters. The number of aromatic amines is 1. The van der Waals surface area contributed by atoms with Crippen LogP contribution in [-0.4, -0.2) is 11.0 Å². The molecule has 0 fully saturated rings. The van der Waals surface area contributed by atoms with Gasteiger partial charge in [0.1, 0.15) is 0 Å². The summed E-state index contributed by atoms with van der Waals surface area (Å²) in [4.78, 5) is 15.5. The first-order valence-electron chi connectivity index (χ1n) is 7.43. The summed E-state index contributed by atoms with van der Waals surface area (Å²) in [5.74, 6) is 0. The molecule has 0 saturated heterocycles. The van der Waals surface area contributed by atoms with Gasteiger partial charge in [-0.15, -0.1) is 0 Å². The average molecular weight is 301 g/mol. The molecule has 3 aromatic carbocycles. The fourth-order valence-electron chi connectivity index (χ4n) is 2.74. The maximum Gasteiger partial charge on any atom is 0.323 e. The first-order valence-corrected chi connectivity index (χ1v) is 7.43. The van der Waals surface area contributed by atoms with Crippen LogP contribution in [0.1, 0.15) is 0 Å². The molecule has 0 aliphatic rings. The molecule has 4 heteroatoms. The van der Waals surface area contributed by atoms with Gasteiger partial charge in [-0.1, -0.05) is 36.4 Å². The van der Waals surface area contributed by atoms with Crippen molar-refractivity contribution in [3.63, 3.8) is 0 Å². The second-order valence-corrected chi connectivity index (χ2v) is 5.38. The van der Waals surface area contributed by atoms with E-state index in [4.69, 9.17) is 0 Å². The summed E-state index contributed by atoms with van der Waals surface area (Å²) in [5.41, 5.74) is 3.67. The van der Waals surface area contributed by atoms with Gasteiger partial charge in [-0.2, -0.15) is 0 Å². The summed E-state index contributed by atoms with van der Waals surface area (Å²) in [6.07, 6.45) is 0. The number of anilines is 2. The molecule has 1 aromatic heterocycles. The number of H-pyrrole nitrogens is 1. The Bertz CT molecular complexity index is 989. The van der Waals surface area contributed by atoms with Crippen LogP contribution in [0.3, 0.4) is 0 Å². The summed E-state index contributed by atoms with van der Waals surface area (Å²) in [7, 11) is 0. The molecule has 0 radical (unpaired) electrons. The molecule has 112 valence electrons. The van der Waals surface area contributed by atoms with Crippen molar-refractivity contribution in [1.29, 1.82) is 0 Å². The van der Waals surface area contributed by atoms with Gasteiger partial charge in [-0.05, 0) is 36.4 Å². The molecule has 23 heavy (non-hydrogen) atoms. The average Bonchev–Trinajstić information content (AvgIpc) is 2.94. The smallest absolute Gasteiger partial charge is 0.323 e. The van der Waals surface area contributed by atoms with Crippen LogP contribution in [0, 0.1) is 0 Å². The number of fused-ring (bicyclic) bond motifs is 3. The lowest BCUT2D eigenvalue weighted by Gasteiger charge is -2.07. The van der Waals surface area contributed by atoms with Crippen molar-refractivity contribution in [2.24, 2.45) is 0 Å². The van der Waals surface area contributed by atoms with E-state index in [-0.39, 0.29) is 6.03 Å². The highest BCUT2D eigenvalue weighted by molar-refractivity contribution is 6.09. The van der Waals surface area contributed by atoms with E-state index >= 15 is 0 Å². The monoisotopic (exact) mass is 301 g/mol. The Kier molecular flexibility index (Phi) is 3.20. The van der Waals surface area contributed by atoms with Crippen LogP contribution in [0.5, 0.6) is 0 Å². The molecule has 0 aliphatic heterocycles. The number of nitrogens with one attached hydrogen (secondary N) is 3. The van der Waals surface area contributed by atoms with E-state index in [1.165, 1.54) is 0 Å². The quantitative estimate of drug-likeness (QED) is 0.481. The third-order valence-corrected chi connectivity index (χ3v) is 3.80. The highest BCUT2D eigenvalue weighted by Crippen LogP contribution is 2.27. The Morgan fingerprint density at radius 2 is 1.39 bits per heavy atom. The molecule has 0 unspecified atom stereocenters. The summed E-state index contributed by atoms with van der Waals surface area (Å²) in [6, 6.07) is 23.1. The second kappa shape index (κ2) is 5.50. The Morgan fingerprint density at radius 1 is 0.696 bits per heavy atom. The fraction of sp³-hybridized carbons (Fsp3) is 0. The normalized spacial score (nSPS) is 10.8. The molecule has 0 aliphatic carbocycles. The highest BCUT2D eigenvalue weighted by atomic mass is 16.2. The van der Waals surface area contributed by atoms with E-state index in [0.717, 1.165) is 33.2 Å². The number of hydrogen-bond donors (Lipinski definition) is 3. The number of para-hydroxylation sites is 2. The zero-order valence-corrected chi connectivity index (χ0v) is 12.3. The van der Waals surface area contributed by atoms with Crippen LogP contribution in [0.2, 0.25) is 0 Å². The summed E-state index contributed by atoms with van der Waals surface area (Å²) in [5, 5.41) is 7.93. The SMILES string of the molecule is O=C(Nc1ccccc1)Nc1ccc2[nH]c3ccccc3c2c1. The van der Waals surface area contributed by atoms with Crippen LogP contribution in [0.25, 0.3) is 21.8 Å². The standard InChI is InChI=1S/C19H15N3O/c23-19(20-13-6-2-1-3-7-13)21-14-10-11-18-16(12-14)15-8-4-5-9-17(15)22-18/h1-12,22H,(H2,20,21,23). The number of amides is 2. The van der Waals surface area contributed by atoms with Crippen LogP contribution in [-0.2, 0) is 0 Å². The molecule has 4 nitrogen and oxygen atoms in total. The number of urea groups is 1. The first kappa shape index (κ1) is 13.4. The summed E-state index contributed by atoms with van der Waals surface area (Å²) in [6.45, 7) is 0. The van der Waals surface area contributed by atoms with Crippen molar-refractivity contribution in [1.82, 2.24) is 4.98 Å². The molecule has 2 amide bonds. The van der Waals surface area contributed by atoms with E-state index in [2.05, 4.69) is 21.7 Å². The molecule has 4 rings (SSSR count). The van der Waals surface area contributed by atoms with Crippen molar-refractivity contribution in [2.75, 3.05) is 10.6 Å². The molecule has 0 bridgehead atoms. The van der Waals surface area contributed by atoms with Gasteiger partial charge < -0.3 is 15.6 Å². The Hall–Kier alpha value is -3.27. The Balaban J connectivity index is 1.61. The third-order valence-electron chi connectivity index (χ3n) is 3.80. The van der Waals surface area contributed by atoms with Gasteiger partial charge in [0.15, 0.2) is 0 Å². The van der Waals surface area contributed by atoms with Gasteiger partial charge in [0.2, 0.25) is 0 Å². The summed E-state index contributed by atoms with van der Waals surface area (Å²) < 4.78 is 0. The van der Waals surface area contributed by atoms with Crippen molar-refractivity contribution in [3.05, 3.63) is 72.8 Å². The van der Waals surface area contributed by atoms with Gasteiger partial charge in [0.25, 0.3) is 0 Å². The second-order valence-electron chi connectivity index (χ2n) is 5.38.